The quantitative estimate of drug-likeness (QED) is 0.327. The van der Waals surface area contributed by atoms with Gasteiger partial charge in [0.25, 0.3) is 0 Å². The zero-order chi connectivity index (χ0) is 27.3. The Morgan fingerprint density at radius 3 is 2.31 bits per heavy atom. The molecule has 3 aromatic heterocycles. The van der Waals surface area contributed by atoms with Gasteiger partial charge in [0.15, 0.2) is 0 Å². The van der Waals surface area contributed by atoms with E-state index in [4.69, 9.17) is 11.6 Å². The molecule has 2 atom stereocenters. The van der Waals surface area contributed by atoms with Crippen LogP contribution in [0.15, 0.2) is 35.6 Å². The summed E-state index contributed by atoms with van der Waals surface area (Å²) in [5, 5.41) is 2.54. The molecule has 198 valence electrons. The number of H-pyrrole nitrogens is 1. The fourth-order valence-electron chi connectivity index (χ4n) is 4.24. The van der Waals surface area contributed by atoms with Crippen molar-refractivity contribution in [3.8, 4) is 0 Å². The Kier molecular flexibility index (Phi) is 14.3. The second-order valence-electron chi connectivity index (χ2n) is 9.67. The number of fused-ring (bicyclic) bond motifs is 1. The third-order valence-corrected chi connectivity index (χ3v) is 6.83. The highest BCUT2D eigenvalue weighted by atomic mass is 35.5. The van der Waals surface area contributed by atoms with Gasteiger partial charge in [-0.2, -0.15) is 0 Å². The molecule has 0 radical (unpaired) electrons. The van der Waals surface area contributed by atoms with Crippen molar-refractivity contribution in [3.05, 3.63) is 57.4 Å². The van der Waals surface area contributed by atoms with Crippen molar-refractivity contribution in [2.24, 2.45) is 16.8 Å². The number of halogens is 1. The number of rotatable bonds is 7. The van der Waals surface area contributed by atoms with Crippen LogP contribution in [-0.2, 0) is 6.42 Å². The second kappa shape index (κ2) is 16.3. The predicted octanol–water partition coefficient (Wildman–Crippen LogP) is 8.05. The Balaban J connectivity index is 0.000000277. The maximum absolute atomic E-state index is 6.25. The second-order valence-corrected chi connectivity index (χ2v) is 10.0. The normalized spacial score (nSPS) is 13.1. The number of pyridine rings is 2. The van der Waals surface area contributed by atoms with Gasteiger partial charge in [-0.1, -0.05) is 78.5 Å². The molecule has 0 aliphatic rings. The summed E-state index contributed by atoms with van der Waals surface area (Å²) in [6, 6.07) is 5.88. The third-order valence-electron chi connectivity index (χ3n) is 6.42. The van der Waals surface area contributed by atoms with Crippen molar-refractivity contribution < 1.29 is 0 Å². The Hall–Kier alpha value is -2.46. The third kappa shape index (κ3) is 9.89. The van der Waals surface area contributed by atoms with Crippen LogP contribution in [-0.4, -0.2) is 20.7 Å². The number of nitrogens with one attached hydrogen (secondary N) is 1. The van der Waals surface area contributed by atoms with Crippen LogP contribution >= 0.6 is 11.6 Å². The monoisotopic (exact) mass is 510 g/mol. The fraction of sp³-hybridized carbons (Fsp3) is 0.516. The number of aromatic nitrogens is 3. The van der Waals surface area contributed by atoms with Crippen LogP contribution in [0.3, 0.4) is 0 Å². The van der Waals surface area contributed by atoms with Crippen molar-refractivity contribution in [1.82, 2.24) is 15.0 Å². The van der Waals surface area contributed by atoms with Gasteiger partial charge in [-0.05, 0) is 69.7 Å². The summed E-state index contributed by atoms with van der Waals surface area (Å²) in [4.78, 5) is 16.0. The maximum Gasteiger partial charge on any atom is 0.0889 e. The largest absolute Gasteiger partial charge is 0.358 e. The van der Waals surface area contributed by atoms with Crippen molar-refractivity contribution in [2.75, 3.05) is 0 Å². The van der Waals surface area contributed by atoms with E-state index in [2.05, 4.69) is 61.1 Å². The molecular formula is C31H47ClN4. The lowest BCUT2D eigenvalue weighted by Gasteiger charge is -2.20. The molecule has 0 saturated carbocycles. The van der Waals surface area contributed by atoms with Gasteiger partial charge in [0.05, 0.1) is 16.1 Å². The van der Waals surface area contributed by atoms with Crippen LogP contribution in [0.5, 0.6) is 0 Å². The van der Waals surface area contributed by atoms with Gasteiger partial charge < -0.3 is 4.98 Å². The summed E-state index contributed by atoms with van der Waals surface area (Å²) in [7, 11) is 0. The van der Waals surface area contributed by atoms with Gasteiger partial charge in [-0.15, -0.1) is 0 Å². The Morgan fingerprint density at radius 2 is 1.78 bits per heavy atom. The number of aliphatic imine (C=N–C) groups is 1. The summed E-state index contributed by atoms with van der Waals surface area (Å²) in [5.74, 6) is 1.92. The average Bonchev–Trinajstić information content (AvgIpc) is 3.15. The van der Waals surface area contributed by atoms with Crippen LogP contribution in [0.4, 0.5) is 0 Å². The van der Waals surface area contributed by atoms with E-state index in [9.17, 15) is 0 Å². The van der Waals surface area contributed by atoms with Gasteiger partial charge >= 0.3 is 0 Å². The van der Waals surface area contributed by atoms with Gasteiger partial charge in [0, 0.05) is 40.1 Å². The highest BCUT2D eigenvalue weighted by Crippen LogP contribution is 2.23. The van der Waals surface area contributed by atoms with E-state index in [1.54, 1.807) is 6.20 Å². The molecule has 0 spiro atoms. The minimum atomic E-state index is 0.755. The van der Waals surface area contributed by atoms with E-state index in [0.29, 0.717) is 0 Å². The molecule has 4 nitrogen and oxygen atoms in total. The van der Waals surface area contributed by atoms with Gasteiger partial charge in [0.2, 0.25) is 0 Å². The SMILES string of the molecule is C=c1[nH]c(CC)c(Cl)/c1=C(\C)N=C(C)C.CCCC(CC)C(C)CC.Cc1cnc2cccnc2c1. The molecular weight excluding hydrogens is 464 g/mol. The summed E-state index contributed by atoms with van der Waals surface area (Å²) < 4.78 is 0. The molecule has 5 heteroatoms. The first-order chi connectivity index (χ1) is 17.1. The molecule has 36 heavy (non-hydrogen) atoms. The number of aromatic amines is 1. The summed E-state index contributed by atoms with van der Waals surface area (Å²) in [5.41, 5.74) is 6.03. The molecule has 0 saturated heterocycles. The number of nitrogens with zero attached hydrogens (tertiary/aromatic N) is 3. The Morgan fingerprint density at radius 1 is 1.08 bits per heavy atom. The Bertz CT molecular complexity index is 1210. The molecule has 0 aromatic carbocycles. The predicted molar refractivity (Wildman–Crippen MR) is 160 cm³/mol. The van der Waals surface area contributed by atoms with Gasteiger partial charge in [-0.25, -0.2) is 0 Å². The molecule has 1 N–H and O–H groups in total. The van der Waals surface area contributed by atoms with E-state index in [1.807, 2.05) is 52.1 Å². The first-order valence-corrected chi connectivity index (χ1v) is 13.7. The van der Waals surface area contributed by atoms with Crippen molar-refractivity contribution in [2.45, 2.75) is 94.4 Å². The molecule has 2 unspecified atom stereocenters. The molecule has 3 rings (SSSR count). The van der Waals surface area contributed by atoms with Crippen molar-refractivity contribution in [3.63, 3.8) is 0 Å². The minimum absolute atomic E-state index is 0.755. The molecule has 3 aromatic rings. The number of hydrogen-bond acceptors (Lipinski definition) is 3. The lowest BCUT2D eigenvalue weighted by molar-refractivity contribution is 0.315. The summed E-state index contributed by atoms with van der Waals surface area (Å²) in [6.45, 7) is 23.2. The smallest absolute Gasteiger partial charge is 0.0889 e. The first kappa shape index (κ1) is 31.6. The number of hydrogen-bond donors (Lipinski definition) is 1. The lowest BCUT2D eigenvalue weighted by atomic mass is 9.86. The minimum Gasteiger partial charge on any atom is -0.358 e. The zero-order valence-corrected chi connectivity index (χ0v) is 24.8. The van der Waals surface area contributed by atoms with Crippen LogP contribution in [0.1, 0.15) is 92.3 Å². The topological polar surface area (TPSA) is 53.9 Å². The van der Waals surface area contributed by atoms with E-state index in [-0.39, 0.29) is 0 Å². The summed E-state index contributed by atoms with van der Waals surface area (Å²) in [6.07, 6.45) is 9.99. The average molecular weight is 511 g/mol. The van der Waals surface area contributed by atoms with E-state index in [0.717, 1.165) is 67.5 Å². The first-order valence-electron chi connectivity index (χ1n) is 13.3. The van der Waals surface area contributed by atoms with Crippen LogP contribution < -0.4 is 10.6 Å². The highest BCUT2D eigenvalue weighted by molar-refractivity contribution is 6.31. The molecule has 3 heterocycles. The van der Waals surface area contributed by atoms with Crippen molar-refractivity contribution >= 4 is 40.6 Å². The molecule has 0 bridgehead atoms. The standard InChI is InChI=1S/C12H17ClN2.C10H22.C9H8N2/c1-6-10-12(13)11(9(5)15-10)8(4)14-7(2)3;1-5-8-10(7-3)9(4)6-2;1-7-5-9-8(11-6-7)3-2-4-10-9/h15H,5-6H2,1-4H3;9-10H,5-8H2,1-4H3;2-6H,1H3/b11-8+;;. The molecule has 0 aliphatic carbocycles. The van der Waals surface area contributed by atoms with Gasteiger partial charge in [0.1, 0.15) is 0 Å². The van der Waals surface area contributed by atoms with Crippen LogP contribution in [0.2, 0.25) is 5.02 Å². The lowest BCUT2D eigenvalue weighted by Crippen LogP contribution is -2.23. The molecule has 0 amide bonds. The zero-order valence-electron chi connectivity index (χ0n) is 24.0. The van der Waals surface area contributed by atoms with E-state index in [1.165, 1.54) is 25.7 Å². The number of aryl methyl sites for hydroxylation is 2. The Labute approximate surface area is 224 Å². The van der Waals surface area contributed by atoms with Crippen LogP contribution in [0.25, 0.3) is 23.3 Å². The van der Waals surface area contributed by atoms with E-state index >= 15 is 0 Å². The molecule has 0 aliphatic heterocycles. The van der Waals surface area contributed by atoms with Gasteiger partial charge in [-0.3, -0.25) is 15.0 Å². The fourth-order valence-corrected chi connectivity index (χ4v) is 4.68. The van der Waals surface area contributed by atoms with E-state index < -0.39 is 0 Å². The van der Waals surface area contributed by atoms with Crippen molar-refractivity contribution in [1.29, 1.82) is 0 Å². The maximum atomic E-state index is 6.25. The summed E-state index contributed by atoms with van der Waals surface area (Å²) >= 11 is 6.25. The highest BCUT2D eigenvalue weighted by Gasteiger charge is 2.11. The molecule has 0 fully saturated rings. The van der Waals surface area contributed by atoms with Crippen LogP contribution in [0, 0.1) is 18.8 Å².